The van der Waals surface area contributed by atoms with Crippen molar-refractivity contribution in [3.63, 3.8) is 0 Å². The SMILES string of the molecule is CCOC(=O)C1OC1C(=O)NC(O)(CC(C)C)C(=O)NCCC(C)C. The molecule has 1 aliphatic rings. The molecule has 1 fully saturated rings. The Bertz CT molecular complexity index is 494. The van der Waals surface area contributed by atoms with Crippen LogP contribution >= 0.6 is 0 Å². The van der Waals surface area contributed by atoms with E-state index in [4.69, 9.17) is 9.47 Å². The zero-order valence-corrected chi connectivity index (χ0v) is 15.6. The van der Waals surface area contributed by atoms with Crippen LogP contribution in [0, 0.1) is 11.8 Å². The first-order chi connectivity index (χ1) is 11.6. The highest BCUT2D eigenvalue weighted by molar-refractivity contribution is 5.96. The maximum Gasteiger partial charge on any atom is 0.338 e. The lowest BCUT2D eigenvalue weighted by molar-refractivity contribution is -0.152. The average Bonchev–Trinajstić information content (AvgIpc) is 3.26. The number of ether oxygens (including phenoxy) is 2. The van der Waals surface area contributed by atoms with E-state index in [-0.39, 0.29) is 18.9 Å². The minimum absolute atomic E-state index is 0.0397. The third kappa shape index (κ3) is 6.62. The van der Waals surface area contributed by atoms with Gasteiger partial charge in [-0.25, -0.2) is 4.79 Å². The second-order valence-corrected chi connectivity index (χ2v) is 7.12. The van der Waals surface area contributed by atoms with Crippen LogP contribution in [-0.2, 0) is 23.9 Å². The fourth-order valence-electron chi connectivity index (χ4n) is 2.40. The van der Waals surface area contributed by atoms with Crippen LogP contribution in [0.15, 0.2) is 0 Å². The Hall–Kier alpha value is -1.67. The van der Waals surface area contributed by atoms with Crippen molar-refractivity contribution in [3.8, 4) is 0 Å². The highest BCUT2D eigenvalue weighted by Crippen LogP contribution is 2.25. The van der Waals surface area contributed by atoms with Gasteiger partial charge in [0.1, 0.15) is 0 Å². The molecule has 0 spiro atoms. The van der Waals surface area contributed by atoms with Crippen molar-refractivity contribution < 1.29 is 29.0 Å². The third-order valence-corrected chi connectivity index (χ3v) is 3.69. The predicted octanol–water partition coefficient (Wildman–Crippen LogP) is 0.330. The third-order valence-electron chi connectivity index (χ3n) is 3.69. The molecule has 8 nitrogen and oxygen atoms in total. The van der Waals surface area contributed by atoms with Gasteiger partial charge < -0.3 is 25.2 Å². The summed E-state index contributed by atoms with van der Waals surface area (Å²) in [4.78, 5) is 36.1. The first kappa shape index (κ1) is 21.4. The molecule has 1 saturated heterocycles. The van der Waals surface area contributed by atoms with Gasteiger partial charge in [0.2, 0.25) is 5.72 Å². The number of hydrogen-bond donors (Lipinski definition) is 3. The van der Waals surface area contributed by atoms with E-state index in [0.717, 1.165) is 6.42 Å². The molecular weight excluding hydrogens is 328 g/mol. The van der Waals surface area contributed by atoms with E-state index >= 15 is 0 Å². The fraction of sp³-hybridized carbons (Fsp3) is 0.824. The number of aliphatic hydroxyl groups is 1. The molecular formula is C17H30N2O6. The zero-order chi connectivity index (χ0) is 19.2. The van der Waals surface area contributed by atoms with E-state index in [9.17, 15) is 19.5 Å². The molecule has 0 radical (unpaired) electrons. The molecule has 144 valence electrons. The van der Waals surface area contributed by atoms with Gasteiger partial charge in [0, 0.05) is 13.0 Å². The highest BCUT2D eigenvalue weighted by Gasteiger charge is 2.53. The topological polar surface area (TPSA) is 117 Å². The van der Waals surface area contributed by atoms with Crippen LogP contribution in [0.4, 0.5) is 0 Å². The number of carbonyl (C=O) groups is 3. The lowest BCUT2D eigenvalue weighted by Gasteiger charge is -2.29. The van der Waals surface area contributed by atoms with E-state index in [1.54, 1.807) is 6.92 Å². The molecule has 0 aromatic heterocycles. The Morgan fingerprint density at radius 1 is 1.16 bits per heavy atom. The maximum atomic E-state index is 12.4. The van der Waals surface area contributed by atoms with Crippen molar-refractivity contribution in [3.05, 3.63) is 0 Å². The molecule has 1 aliphatic heterocycles. The fourth-order valence-corrected chi connectivity index (χ4v) is 2.40. The number of esters is 1. The van der Waals surface area contributed by atoms with Crippen LogP contribution in [0.25, 0.3) is 0 Å². The molecule has 0 aliphatic carbocycles. The molecule has 0 aromatic rings. The van der Waals surface area contributed by atoms with E-state index < -0.39 is 35.7 Å². The number of carbonyl (C=O) groups excluding carboxylic acids is 3. The number of hydrogen-bond acceptors (Lipinski definition) is 6. The summed E-state index contributed by atoms with van der Waals surface area (Å²) in [5.74, 6) is -1.64. The molecule has 3 atom stereocenters. The van der Waals surface area contributed by atoms with Crippen LogP contribution < -0.4 is 10.6 Å². The van der Waals surface area contributed by atoms with Gasteiger partial charge in [0.05, 0.1) is 6.61 Å². The Balaban J connectivity index is 2.67. The van der Waals surface area contributed by atoms with Crippen molar-refractivity contribution in [2.24, 2.45) is 11.8 Å². The molecule has 1 heterocycles. The normalized spacial score (nSPS) is 21.6. The standard InChI is InChI=1S/C17H30N2O6/c1-6-24-15(21)13-12(25-13)14(20)19-17(23,9-11(4)5)16(22)18-8-7-10(2)3/h10-13,23H,6-9H2,1-5H3,(H,18,22)(H,19,20). The lowest BCUT2D eigenvalue weighted by atomic mass is 9.98. The largest absolute Gasteiger partial charge is 0.464 e. The Kier molecular flexibility index (Phi) is 7.82. The Labute approximate surface area is 148 Å². The Morgan fingerprint density at radius 3 is 2.32 bits per heavy atom. The van der Waals surface area contributed by atoms with Crippen molar-refractivity contribution in [1.82, 2.24) is 10.6 Å². The van der Waals surface area contributed by atoms with Gasteiger partial charge in [-0.3, -0.25) is 9.59 Å². The van der Waals surface area contributed by atoms with Gasteiger partial charge in [-0.05, 0) is 25.2 Å². The first-order valence-corrected chi connectivity index (χ1v) is 8.75. The summed E-state index contributed by atoms with van der Waals surface area (Å²) in [6, 6.07) is 0. The summed E-state index contributed by atoms with van der Waals surface area (Å²) in [7, 11) is 0. The minimum Gasteiger partial charge on any atom is -0.464 e. The van der Waals surface area contributed by atoms with E-state index in [1.807, 2.05) is 27.7 Å². The molecule has 8 heteroatoms. The van der Waals surface area contributed by atoms with Crippen molar-refractivity contribution in [1.29, 1.82) is 0 Å². The second kappa shape index (κ2) is 9.15. The molecule has 2 amide bonds. The predicted molar refractivity (Wildman–Crippen MR) is 90.3 cm³/mol. The van der Waals surface area contributed by atoms with E-state index in [1.165, 1.54) is 0 Å². The number of nitrogens with one attached hydrogen (secondary N) is 2. The summed E-state index contributed by atoms with van der Waals surface area (Å²) in [6.45, 7) is 9.93. The van der Waals surface area contributed by atoms with Gasteiger partial charge in [0.15, 0.2) is 12.2 Å². The summed E-state index contributed by atoms with van der Waals surface area (Å²) in [5.41, 5.74) is -2.05. The van der Waals surface area contributed by atoms with Gasteiger partial charge in [0.25, 0.3) is 11.8 Å². The zero-order valence-electron chi connectivity index (χ0n) is 15.6. The van der Waals surface area contributed by atoms with Gasteiger partial charge in [-0.1, -0.05) is 27.7 Å². The van der Waals surface area contributed by atoms with Crippen molar-refractivity contribution in [2.75, 3.05) is 13.2 Å². The smallest absolute Gasteiger partial charge is 0.338 e. The quantitative estimate of drug-likeness (QED) is 0.294. The van der Waals surface area contributed by atoms with Crippen molar-refractivity contribution in [2.45, 2.75) is 65.4 Å². The van der Waals surface area contributed by atoms with Gasteiger partial charge in [-0.2, -0.15) is 0 Å². The molecule has 0 bridgehead atoms. The van der Waals surface area contributed by atoms with Crippen LogP contribution in [0.1, 0.15) is 47.5 Å². The highest BCUT2D eigenvalue weighted by atomic mass is 16.6. The molecule has 25 heavy (non-hydrogen) atoms. The molecule has 1 rings (SSSR count). The van der Waals surface area contributed by atoms with Crippen LogP contribution in [0.2, 0.25) is 0 Å². The second-order valence-electron chi connectivity index (χ2n) is 7.12. The maximum absolute atomic E-state index is 12.4. The first-order valence-electron chi connectivity index (χ1n) is 8.75. The van der Waals surface area contributed by atoms with E-state index in [0.29, 0.717) is 12.5 Å². The van der Waals surface area contributed by atoms with E-state index in [2.05, 4.69) is 10.6 Å². The van der Waals surface area contributed by atoms with Gasteiger partial charge in [-0.15, -0.1) is 0 Å². The minimum atomic E-state index is -2.05. The number of amides is 2. The number of rotatable bonds is 10. The molecule has 0 aromatic carbocycles. The monoisotopic (exact) mass is 358 g/mol. The summed E-state index contributed by atoms with van der Waals surface area (Å²) in [5, 5.41) is 15.6. The van der Waals surface area contributed by atoms with Crippen LogP contribution in [0.3, 0.4) is 0 Å². The molecule has 0 saturated carbocycles. The summed E-state index contributed by atoms with van der Waals surface area (Å²) in [6.07, 6.45) is -1.22. The van der Waals surface area contributed by atoms with Crippen molar-refractivity contribution >= 4 is 17.8 Å². The summed E-state index contributed by atoms with van der Waals surface area (Å²) >= 11 is 0. The number of epoxide rings is 1. The molecule has 3 unspecified atom stereocenters. The average molecular weight is 358 g/mol. The van der Waals surface area contributed by atoms with Gasteiger partial charge >= 0.3 is 5.97 Å². The molecule has 3 N–H and O–H groups in total. The van der Waals surface area contributed by atoms with Crippen LogP contribution in [-0.4, -0.2) is 54.0 Å². The summed E-state index contributed by atoms with van der Waals surface area (Å²) < 4.78 is 9.79. The van der Waals surface area contributed by atoms with Crippen LogP contribution in [0.5, 0.6) is 0 Å². The Morgan fingerprint density at radius 2 is 1.80 bits per heavy atom. The lowest BCUT2D eigenvalue weighted by Crippen LogP contribution is -2.60.